The lowest BCUT2D eigenvalue weighted by atomic mass is 10.2. The predicted molar refractivity (Wildman–Crippen MR) is 84.2 cm³/mol. The highest BCUT2D eigenvalue weighted by Crippen LogP contribution is 2.34. The molecule has 3 aromatic rings. The summed E-state index contributed by atoms with van der Waals surface area (Å²) < 4.78 is 0. The average Bonchev–Trinajstić information content (AvgIpc) is 3.01. The van der Waals surface area contributed by atoms with Gasteiger partial charge in [-0.3, -0.25) is 4.79 Å². The van der Waals surface area contributed by atoms with E-state index in [0.717, 1.165) is 17.5 Å². The second kappa shape index (κ2) is 5.72. The Labute approximate surface area is 126 Å². The molecule has 0 aliphatic carbocycles. The van der Waals surface area contributed by atoms with Gasteiger partial charge in [0.1, 0.15) is 23.0 Å². The SMILES string of the molecule is CN(C)c1ccc2n[nH]nc2c1N=Nc1ccc(C=O)cc1. The van der Waals surface area contributed by atoms with Crippen LogP contribution in [0.2, 0.25) is 0 Å². The van der Waals surface area contributed by atoms with E-state index in [0.29, 0.717) is 22.5 Å². The maximum atomic E-state index is 10.7. The number of anilines is 1. The Morgan fingerprint density at radius 2 is 1.82 bits per heavy atom. The van der Waals surface area contributed by atoms with E-state index in [9.17, 15) is 4.79 Å². The molecular formula is C15H14N6O. The minimum absolute atomic E-state index is 0.603. The van der Waals surface area contributed by atoms with E-state index in [1.807, 2.05) is 31.1 Å². The lowest BCUT2D eigenvalue weighted by Crippen LogP contribution is -2.08. The van der Waals surface area contributed by atoms with Crippen LogP contribution < -0.4 is 4.90 Å². The normalized spacial score (nSPS) is 11.2. The maximum Gasteiger partial charge on any atom is 0.150 e. The lowest BCUT2D eigenvalue weighted by molar-refractivity contribution is 0.112. The number of aldehydes is 1. The fraction of sp³-hybridized carbons (Fsp3) is 0.133. The molecule has 7 nitrogen and oxygen atoms in total. The Bertz CT molecular complexity index is 835. The second-order valence-corrected chi connectivity index (χ2v) is 4.93. The Balaban J connectivity index is 2.04. The summed E-state index contributed by atoms with van der Waals surface area (Å²) >= 11 is 0. The predicted octanol–water partition coefficient (Wildman–Crippen LogP) is 3.25. The number of fused-ring (bicyclic) bond motifs is 1. The van der Waals surface area contributed by atoms with E-state index < -0.39 is 0 Å². The minimum Gasteiger partial charge on any atom is -0.376 e. The first-order valence-electron chi connectivity index (χ1n) is 6.67. The van der Waals surface area contributed by atoms with Gasteiger partial charge in [-0.1, -0.05) is 0 Å². The van der Waals surface area contributed by atoms with Gasteiger partial charge in [-0.15, -0.1) is 5.11 Å². The van der Waals surface area contributed by atoms with Gasteiger partial charge in [-0.2, -0.15) is 20.5 Å². The summed E-state index contributed by atoms with van der Waals surface area (Å²) in [7, 11) is 3.86. The number of benzene rings is 2. The molecule has 0 unspecified atom stereocenters. The number of hydrogen-bond acceptors (Lipinski definition) is 6. The van der Waals surface area contributed by atoms with E-state index in [4.69, 9.17) is 0 Å². The van der Waals surface area contributed by atoms with Crippen molar-refractivity contribution in [3.63, 3.8) is 0 Å². The molecule has 0 spiro atoms. The summed E-state index contributed by atoms with van der Waals surface area (Å²) in [5.74, 6) is 0. The number of carbonyl (C=O) groups excluding carboxylic acids is 1. The van der Waals surface area contributed by atoms with Crippen molar-refractivity contribution >= 4 is 34.4 Å². The van der Waals surface area contributed by atoms with Gasteiger partial charge in [0.25, 0.3) is 0 Å². The molecule has 3 rings (SSSR count). The number of carbonyl (C=O) groups is 1. The summed E-state index contributed by atoms with van der Waals surface area (Å²) in [6.07, 6.45) is 0.793. The Hall–Kier alpha value is -3.09. The first kappa shape index (κ1) is 13.9. The van der Waals surface area contributed by atoms with Crippen LogP contribution in [0.25, 0.3) is 11.0 Å². The highest BCUT2D eigenvalue weighted by molar-refractivity contribution is 5.93. The summed E-state index contributed by atoms with van der Waals surface area (Å²) in [5.41, 5.74) is 4.21. The average molecular weight is 294 g/mol. The van der Waals surface area contributed by atoms with Crippen LogP contribution in [0.15, 0.2) is 46.6 Å². The van der Waals surface area contributed by atoms with Gasteiger partial charge in [-0.25, -0.2) is 0 Å². The van der Waals surface area contributed by atoms with Crippen molar-refractivity contribution in [2.24, 2.45) is 10.2 Å². The third kappa shape index (κ3) is 2.56. The monoisotopic (exact) mass is 294 g/mol. The fourth-order valence-electron chi connectivity index (χ4n) is 2.07. The lowest BCUT2D eigenvalue weighted by Gasteiger charge is -2.14. The van der Waals surface area contributed by atoms with Gasteiger partial charge < -0.3 is 4.90 Å². The van der Waals surface area contributed by atoms with Crippen LogP contribution in [0, 0.1) is 0 Å². The molecule has 0 aliphatic rings. The summed E-state index contributed by atoms with van der Waals surface area (Å²) in [6, 6.07) is 10.7. The Kier molecular flexibility index (Phi) is 3.61. The van der Waals surface area contributed by atoms with Crippen LogP contribution >= 0.6 is 0 Å². The van der Waals surface area contributed by atoms with Gasteiger partial charge in [0.15, 0.2) is 0 Å². The Morgan fingerprint density at radius 1 is 1.05 bits per heavy atom. The number of nitrogens with one attached hydrogen (secondary N) is 1. The standard InChI is InChI=1S/C15H14N6O/c1-21(2)13-8-7-12-14(19-20-17-12)15(13)18-16-11-5-3-10(9-22)4-6-11/h3-9H,1-2H3,(H,17,19,20). The molecule has 0 radical (unpaired) electrons. The van der Waals surface area contributed by atoms with Gasteiger partial charge in [0.05, 0.1) is 11.4 Å². The van der Waals surface area contributed by atoms with Crippen LogP contribution in [0.4, 0.5) is 17.1 Å². The van der Waals surface area contributed by atoms with Gasteiger partial charge in [0.2, 0.25) is 0 Å². The number of azo groups is 1. The summed E-state index contributed by atoms with van der Waals surface area (Å²) in [5, 5.41) is 19.4. The third-order valence-corrected chi connectivity index (χ3v) is 3.22. The van der Waals surface area contributed by atoms with Crippen molar-refractivity contribution in [3.05, 3.63) is 42.0 Å². The van der Waals surface area contributed by atoms with Crippen molar-refractivity contribution in [2.75, 3.05) is 19.0 Å². The topological polar surface area (TPSA) is 86.6 Å². The quantitative estimate of drug-likeness (QED) is 0.591. The van der Waals surface area contributed by atoms with E-state index in [1.54, 1.807) is 24.3 Å². The molecule has 1 aromatic heterocycles. The molecule has 1 N–H and O–H groups in total. The first-order chi connectivity index (χ1) is 10.7. The van der Waals surface area contributed by atoms with E-state index in [2.05, 4.69) is 25.6 Å². The number of nitrogens with zero attached hydrogens (tertiary/aromatic N) is 5. The molecule has 1 heterocycles. The summed E-state index contributed by atoms with van der Waals surface area (Å²) in [4.78, 5) is 12.6. The smallest absolute Gasteiger partial charge is 0.150 e. The fourth-order valence-corrected chi connectivity index (χ4v) is 2.07. The van der Waals surface area contributed by atoms with Gasteiger partial charge in [-0.05, 0) is 36.4 Å². The van der Waals surface area contributed by atoms with Crippen molar-refractivity contribution in [1.29, 1.82) is 0 Å². The molecule has 2 aromatic carbocycles. The zero-order valence-electron chi connectivity index (χ0n) is 12.2. The zero-order chi connectivity index (χ0) is 15.5. The molecule has 22 heavy (non-hydrogen) atoms. The molecule has 0 bridgehead atoms. The number of H-pyrrole nitrogens is 1. The second-order valence-electron chi connectivity index (χ2n) is 4.93. The van der Waals surface area contributed by atoms with Crippen molar-refractivity contribution < 1.29 is 4.79 Å². The van der Waals surface area contributed by atoms with Crippen LogP contribution in [-0.2, 0) is 0 Å². The van der Waals surface area contributed by atoms with Crippen LogP contribution in [0.1, 0.15) is 10.4 Å². The molecule has 7 heteroatoms. The van der Waals surface area contributed by atoms with Crippen molar-refractivity contribution in [2.45, 2.75) is 0 Å². The zero-order valence-corrected chi connectivity index (χ0v) is 12.2. The van der Waals surface area contributed by atoms with E-state index >= 15 is 0 Å². The highest BCUT2D eigenvalue weighted by Gasteiger charge is 2.12. The van der Waals surface area contributed by atoms with Crippen molar-refractivity contribution in [1.82, 2.24) is 15.4 Å². The van der Waals surface area contributed by atoms with Crippen LogP contribution in [0.3, 0.4) is 0 Å². The molecule has 0 saturated carbocycles. The number of aromatic amines is 1. The van der Waals surface area contributed by atoms with Gasteiger partial charge >= 0.3 is 0 Å². The Morgan fingerprint density at radius 3 is 2.50 bits per heavy atom. The molecule has 0 amide bonds. The molecule has 0 aliphatic heterocycles. The maximum absolute atomic E-state index is 10.7. The number of aromatic nitrogens is 3. The largest absolute Gasteiger partial charge is 0.376 e. The van der Waals surface area contributed by atoms with E-state index in [-0.39, 0.29) is 0 Å². The number of hydrogen-bond donors (Lipinski definition) is 1. The molecular weight excluding hydrogens is 280 g/mol. The van der Waals surface area contributed by atoms with E-state index in [1.165, 1.54) is 0 Å². The third-order valence-electron chi connectivity index (χ3n) is 3.22. The molecule has 0 fully saturated rings. The minimum atomic E-state index is 0.603. The molecule has 0 atom stereocenters. The summed E-state index contributed by atoms with van der Waals surface area (Å²) in [6.45, 7) is 0. The first-order valence-corrected chi connectivity index (χ1v) is 6.67. The molecule has 110 valence electrons. The molecule has 0 saturated heterocycles. The van der Waals surface area contributed by atoms with Crippen LogP contribution in [0.5, 0.6) is 0 Å². The van der Waals surface area contributed by atoms with Gasteiger partial charge in [0, 0.05) is 19.7 Å². The highest BCUT2D eigenvalue weighted by atomic mass is 16.1. The van der Waals surface area contributed by atoms with Crippen LogP contribution in [-0.4, -0.2) is 35.8 Å². The number of rotatable bonds is 4. The van der Waals surface area contributed by atoms with Crippen molar-refractivity contribution in [3.8, 4) is 0 Å².